The molecule has 1 atom stereocenters. The summed E-state index contributed by atoms with van der Waals surface area (Å²) in [5.41, 5.74) is 3.76. The van der Waals surface area contributed by atoms with Gasteiger partial charge in [0.15, 0.2) is 5.60 Å². The molecule has 132 valence electrons. The number of nitrogens with two attached hydrogens (primary N) is 1. The molecule has 0 radical (unpaired) electrons. The Morgan fingerprint density at radius 1 is 1.30 bits per heavy atom. The van der Waals surface area contributed by atoms with Gasteiger partial charge in [0.1, 0.15) is 0 Å². The van der Waals surface area contributed by atoms with Crippen LogP contribution < -0.4 is 11.1 Å². The SMILES string of the molecule is NC(=O)CCNCC1(O)CCCN(CCC2CCCCC2)C1=O. The zero-order valence-electron chi connectivity index (χ0n) is 14.1. The van der Waals surface area contributed by atoms with Crippen LogP contribution in [-0.4, -0.2) is 53.6 Å². The number of nitrogens with zero attached hydrogens (tertiary/aromatic N) is 1. The number of rotatable bonds is 8. The molecule has 2 fully saturated rings. The van der Waals surface area contributed by atoms with Gasteiger partial charge in [0, 0.05) is 32.6 Å². The quantitative estimate of drug-likeness (QED) is 0.575. The van der Waals surface area contributed by atoms with Crippen LogP contribution in [0.15, 0.2) is 0 Å². The van der Waals surface area contributed by atoms with Crippen molar-refractivity contribution in [3.05, 3.63) is 0 Å². The Kier molecular flexibility index (Phi) is 6.84. The number of piperidine rings is 1. The second-order valence-electron chi connectivity index (χ2n) is 7.11. The monoisotopic (exact) mass is 325 g/mol. The van der Waals surface area contributed by atoms with Crippen LogP contribution in [0.4, 0.5) is 0 Å². The summed E-state index contributed by atoms with van der Waals surface area (Å²) >= 11 is 0. The normalized spacial score (nSPS) is 26.5. The minimum atomic E-state index is -1.33. The van der Waals surface area contributed by atoms with E-state index in [1.165, 1.54) is 32.1 Å². The lowest BCUT2D eigenvalue weighted by molar-refractivity contribution is -0.156. The van der Waals surface area contributed by atoms with Crippen molar-refractivity contribution in [3.8, 4) is 0 Å². The highest BCUT2D eigenvalue weighted by atomic mass is 16.3. The molecule has 1 unspecified atom stereocenters. The predicted molar refractivity (Wildman–Crippen MR) is 88.6 cm³/mol. The minimum absolute atomic E-state index is 0.161. The van der Waals surface area contributed by atoms with Crippen LogP contribution >= 0.6 is 0 Å². The summed E-state index contributed by atoms with van der Waals surface area (Å²) in [6, 6.07) is 0. The summed E-state index contributed by atoms with van der Waals surface area (Å²) in [6.45, 7) is 2.09. The Balaban J connectivity index is 1.77. The Morgan fingerprint density at radius 2 is 2.04 bits per heavy atom. The van der Waals surface area contributed by atoms with E-state index in [4.69, 9.17) is 5.73 Å². The molecular formula is C17H31N3O3. The number of carbonyl (C=O) groups is 2. The molecule has 0 aromatic heterocycles. The lowest BCUT2D eigenvalue weighted by Gasteiger charge is -2.39. The first-order chi connectivity index (χ1) is 11.0. The van der Waals surface area contributed by atoms with Crippen LogP contribution in [0.5, 0.6) is 0 Å². The van der Waals surface area contributed by atoms with E-state index in [-0.39, 0.29) is 24.8 Å². The molecule has 1 aliphatic carbocycles. The van der Waals surface area contributed by atoms with Gasteiger partial charge in [-0.15, -0.1) is 0 Å². The summed E-state index contributed by atoms with van der Waals surface area (Å²) in [4.78, 5) is 25.1. The number of hydrogen-bond acceptors (Lipinski definition) is 4. The van der Waals surface area contributed by atoms with Crippen LogP contribution in [0, 0.1) is 5.92 Å². The maximum atomic E-state index is 12.6. The van der Waals surface area contributed by atoms with E-state index in [0.717, 1.165) is 31.8 Å². The zero-order chi connectivity index (χ0) is 16.7. The second kappa shape index (κ2) is 8.64. The Labute approximate surface area is 138 Å². The van der Waals surface area contributed by atoms with Crippen molar-refractivity contribution >= 4 is 11.8 Å². The second-order valence-corrected chi connectivity index (χ2v) is 7.11. The summed E-state index contributed by atoms with van der Waals surface area (Å²) in [5.74, 6) is 0.194. The van der Waals surface area contributed by atoms with Crippen molar-refractivity contribution in [3.63, 3.8) is 0 Å². The first kappa shape index (κ1) is 18.2. The van der Waals surface area contributed by atoms with Crippen LogP contribution in [0.25, 0.3) is 0 Å². The van der Waals surface area contributed by atoms with Crippen molar-refractivity contribution < 1.29 is 14.7 Å². The van der Waals surface area contributed by atoms with Crippen molar-refractivity contribution in [1.82, 2.24) is 10.2 Å². The first-order valence-corrected chi connectivity index (χ1v) is 9.02. The third-order valence-electron chi connectivity index (χ3n) is 5.20. The number of nitrogens with one attached hydrogen (secondary N) is 1. The Bertz CT molecular complexity index is 410. The van der Waals surface area contributed by atoms with Gasteiger partial charge in [0.2, 0.25) is 5.91 Å². The third kappa shape index (κ3) is 5.46. The average molecular weight is 325 g/mol. The third-order valence-corrected chi connectivity index (χ3v) is 5.20. The molecule has 1 saturated heterocycles. The Hall–Kier alpha value is -1.14. The van der Waals surface area contributed by atoms with Gasteiger partial charge >= 0.3 is 0 Å². The topological polar surface area (TPSA) is 95.7 Å². The van der Waals surface area contributed by atoms with Crippen molar-refractivity contribution in [1.29, 1.82) is 0 Å². The van der Waals surface area contributed by atoms with Gasteiger partial charge in [0.05, 0.1) is 0 Å². The average Bonchev–Trinajstić information content (AvgIpc) is 2.54. The lowest BCUT2D eigenvalue weighted by Crippen LogP contribution is -2.58. The molecule has 0 spiro atoms. The van der Waals surface area contributed by atoms with Crippen LogP contribution in [0.2, 0.25) is 0 Å². The molecule has 0 aromatic rings. The van der Waals surface area contributed by atoms with Crippen LogP contribution in [0.3, 0.4) is 0 Å². The largest absolute Gasteiger partial charge is 0.379 e. The molecule has 1 heterocycles. The van der Waals surface area contributed by atoms with E-state index in [1.807, 2.05) is 4.90 Å². The summed E-state index contributed by atoms with van der Waals surface area (Å²) in [5, 5.41) is 13.6. The van der Waals surface area contributed by atoms with Gasteiger partial charge in [-0.1, -0.05) is 32.1 Å². The number of likely N-dealkylation sites (tertiary alicyclic amines) is 1. The van der Waals surface area contributed by atoms with E-state index in [0.29, 0.717) is 13.0 Å². The maximum absolute atomic E-state index is 12.6. The van der Waals surface area contributed by atoms with Gasteiger partial charge in [0.25, 0.3) is 5.91 Å². The van der Waals surface area contributed by atoms with Crippen molar-refractivity contribution in [2.45, 2.75) is 63.4 Å². The van der Waals surface area contributed by atoms with E-state index >= 15 is 0 Å². The minimum Gasteiger partial charge on any atom is -0.379 e. The molecule has 2 rings (SSSR count). The molecule has 2 aliphatic rings. The van der Waals surface area contributed by atoms with E-state index in [1.54, 1.807) is 0 Å². The van der Waals surface area contributed by atoms with Gasteiger partial charge < -0.3 is 21.1 Å². The molecule has 6 heteroatoms. The van der Waals surface area contributed by atoms with Crippen LogP contribution in [-0.2, 0) is 9.59 Å². The number of aliphatic hydroxyl groups is 1. The number of hydrogen-bond donors (Lipinski definition) is 3. The van der Waals surface area contributed by atoms with Gasteiger partial charge in [-0.2, -0.15) is 0 Å². The Morgan fingerprint density at radius 3 is 2.74 bits per heavy atom. The fraction of sp³-hybridized carbons (Fsp3) is 0.882. The highest BCUT2D eigenvalue weighted by Crippen LogP contribution is 2.28. The molecule has 6 nitrogen and oxygen atoms in total. The van der Waals surface area contributed by atoms with Crippen molar-refractivity contribution in [2.75, 3.05) is 26.2 Å². The molecule has 0 bridgehead atoms. The highest BCUT2D eigenvalue weighted by Gasteiger charge is 2.41. The maximum Gasteiger partial charge on any atom is 0.255 e. The van der Waals surface area contributed by atoms with E-state index < -0.39 is 5.60 Å². The van der Waals surface area contributed by atoms with E-state index in [2.05, 4.69) is 5.32 Å². The number of carbonyl (C=O) groups excluding carboxylic acids is 2. The number of primary amides is 1. The standard InChI is InChI=1S/C17H31N3O3/c18-15(21)7-10-19-13-17(23)9-4-11-20(16(17)22)12-8-14-5-2-1-3-6-14/h14,19,23H,1-13H2,(H2,18,21). The molecule has 2 amide bonds. The number of amides is 2. The zero-order valence-corrected chi connectivity index (χ0v) is 14.1. The van der Waals surface area contributed by atoms with E-state index in [9.17, 15) is 14.7 Å². The van der Waals surface area contributed by atoms with Gasteiger partial charge in [-0.3, -0.25) is 9.59 Å². The predicted octanol–water partition coefficient (Wildman–Crippen LogP) is 0.775. The first-order valence-electron chi connectivity index (χ1n) is 9.02. The fourth-order valence-corrected chi connectivity index (χ4v) is 3.76. The summed E-state index contributed by atoms with van der Waals surface area (Å²) in [6.07, 6.45) is 9.10. The van der Waals surface area contributed by atoms with Gasteiger partial charge in [-0.05, 0) is 25.2 Å². The highest BCUT2D eigenvalue weighted by molar-refractivity contribution is 5.86. The molecule has 1 saturated carbocycles. The molecule has 1 aliphatic heterocycles. The van der Waals surface area contributed by atoms with Crippen LogP contribution in [0.1, 0.15) is 57.8 Å². The summed E-state index contributed by atoms with van der Waals surface area (Å²) < 4.78 is 0. The fourth-order valence-electron chi connectivity index (χ4n) is 3.76. The summed E-state index contributed by atoms with van der Waals surface area (Å²) in [7, 11) is 0. The molecule has 0 aromatic carbocycles. The smallest absolute Gasteiger partial charge is 0.255 e. The lowest BCUT2D eigenvalue weighted by atomic mass is 9.86. The molecular weight excluding hydrogens is 294 g/mol. The van der Waals surface area contributed by atoms with Gasteiger partial charge in [-0.25, -0.2) is 0 Å². The van der Waals surface area contributed by atoms with Crippen molar-refractivity contribution in [2.24, 2.45) is 11.7 Å². The molecule has 23 heavy (non-hydrogen) atoms. The molecule has 4 N–H and O–H groups in total.